The van der Waals surface area contributed by atoms with Crippen molar-refractivity contribution in [3.05, 3.63) is 47.0 Å². The number of halogens is 1. The van der Waals surface area contributed by atoms with Gasteiger partial charge >= 0.3 is 0 Å². The molecular weight excluding hydrogens is 269 g/mol. The molecule has 0 aliphatic carbocycles. The monoisotopic (exact) mass is 291 g/mol. The Morgan fingerprint density at radius 1 is 1.38 bits per heavy atom. The number of benzene rings is 1. The zero-order chi connectivity index (χ0) is 15.4. The summed E-state index contributed by atoms with van der Waals surface area (Å²) in [6.45, 7) is 4.87. The number of nitrogens with zero attached hydrogens (tertiary/aromatic N) is 2. The highest BCUT2D eigenvalue weighted by Crippen LogP contribution is 2.31. The third kappa shape index (κ3) is 3.42. The smallest absolute Gasteiger partial charge is 0.124 e. The summed E-state index contributed by atoms with van der Waals surface area (Å²) in [5.74, 6) is 0.400. The van der Waals surface area contributed by atoms with Gasteiger partial charge in [0, 0.05) is 12.6 Å². The van der Waals surface area contributed by atoms with Crippen LogP contribution >= 0.6 is 0 Å². The summed E-state index contributed by atoms with van der Waals surface area (Å²) in [5.41, 5.74) is 2.71. The van der Waals surface area contributed by atoms with Crippen LogP contribution in [0.1, 0.15) is 36.3 Å². The predicted octanol–water partition coefficient (Wildman–Crippen LogP) is 2.97. The SMILES string of the molecule is CCCNC(c1cc(F)ccc1OC)c1cc(C)nn1C. The first-order valence-corrected chi connectivity index (χ1v) is 7.14. The number of aromatic nitrogens is 2. The van der Waals surface area contributed by atoms with Gasteiger partial charge in [-0.05, 0) is 44.2 Å². The van der Waals surface area contributed by atoms with Crippen molar-refractivity contribution < 1.29 is 9.13 Å². The molecule has 0 aliphatic rings. The van der Waals surface area contributed by atoms with E-state index in [0.29, 0.717) is 5.75 Å². The van der Waals surface area contributed by atoms with Gasteiger partial charge in [-0.15, -0.1) is 0 Å². The molecule has 1 N–H and O–H groups in total. The zero-order valence-corrected chi connectivity index (χ0v) is 13.0. The lowest BCUT2D eigenvalue weighted by Gasteiger charge is -2.21. The summed E-state index contributed by atoms with van der Waals surface area (Å²) in [4.78, 5) is 0. The molecule has 1 heterocycles. The molecule has 2 aromatic rings. The van der Waals surface area contributed by atoms with E-state index in [2.05, 4.69) is 17.3 Å². The maximum absolute atomic E-state index is 13.7. The first-order chi connectivity index (χ1) is 10.1. The van der Waals surface area contributed by atoms with Gasteiger partial charge in [0.15, 0.2) is 0 Å². The van der Waals surface area contributed by atoms with E-state index in [1.54, 1.807) is 13.2 Å². The van der Waals surface area contributed by atoms with Gasteiger partial charge in [0.2, 0.25) is 0 Å². The molecule has 0 bridgehead atoms. The molecule has 0 saturated carbocycles. The molecule has 0 saturated heterocycles. The third-order valence-corrected chi connectivity index (χ3v) is 3.44. The molecule has 1 unspecified atom stereocenters. The number of methoxy groups -OCH3 is 1. The number of ether oxygens (including phenoxy) is 1. The predicted molar refractivity (Wildman–Crippen MR) is 81.0 cm³/mol. The Labute approximate surface area is 124 Å². The minimum absolute atomic E-state index is 0.151. The van der Waals surface area contributed by atoms with E-state index in [1.165, 1.54) is 12.1 Å². The first-order valence-electron chi connectivity index (χ1n) is 7.14. The molecule has 0 fully saturated rings. The number of aryl methyl sites for hydroxylation is 2. The van der Waals surface area contributed by atoms with Crippen molar-refractivity contribution in [1.29, 1.82) is 0 Å². The highest BCUT2D eigenvalue weighted by atomic mass is 19.1. The average molecular weight is 291 g/mol. The molecule has 0 aliphatic heterocycles. The van der Waals surface area contributed by atoms with Gasteiger partial charge in [-0.25, -0.2) is 4.39 Å². The van der Waals surface area contributed by atoms with Crippen LogP contribution in [0.15, 0.2) is 24.3 Å². The quantitative estimate of drug-likeness (QED) is 0.889. The van der Waals surface area contributed by atoms with E-state index >= 15 is 0 Å². The number of hydrogen-bond acceptors (Lipinski definition) is 3. The van der Waals surface area contributed by atoms with Crippen molar-refractivity contribution in [2.75, 3.05) is 13.7 Å². The first kappa shape index (κ1) is 15.5. The van der Waals surface area contributed by atoms with Crippen LogP contribution in [0.3, 0.4) is 0 Å². The molecule has 1 aromatic carbocycles. The van der Waals surface area contributed by atoms with E-state index in [-0.39, 0.29) is 11.9 Å². The molecular formula is C16H22FN3O. The maximum Gasteiger partial charge on any atom is 0.124 e. The second kappa shape index (κ2) is 6.72. The summed E-state index contributed by atoms with van der Waals surface area (Å²) in [5, 5.41) is 7.84. The molecule has 2 rings (SSSR count). The summed E-state index contributed by atoms with van der Waals surface area (Å²) >= 11 is 0. The Bertz CT molecular complexity index is 610. The van der Waals surface area contributed by atoms with Crippen LogP contribution < -0.4 is 10.1 Å². The van der Waals surface area contributed by atoms with Gasteiger partial charge in [-0.1, -0.05) is 6.92 Å². The van der Waals surface area contributed by atoms with Gasteiger partial charge in [0.1, 0.15) is 11.6 Å². The van der Waals surface area contributed by atoms with Crippen LogP contribution in [-0.4, -0.2) is 23.4 Å². The van der Waals surface area contributed by atoms with E-state index in [1.807, 2.05) is 24.7 Å². The lowest BCUT2D eigenvalue weighted by molar-refractivity contribution is 0.400. The maximum atomic E-state index is 13.7. The molecule has 5 heteroatoms. The van der Waals surface area contributed by atoms with Crippen LogP contribution in [0.4, 0.5) is 4.39 Å². The molecule has 0 radical (unpaired) electrons. The summed E-state index contributed by atoms with van der Waals surface area (Å²) < 4.78 is 20.9. The van der Waals surface area contributed by atoms with Gasteiger partial charge < -0.3 is 10.1 Å². The van der Waals surface area contributed by atoms with E-state index < -0.39 is 0 Å². The molecule has 114 valence electrons. The van der Waals surface area contributed by atoms with E-state index in [4.69, 9.17) is 4.74 Å². The molecule has 0 amide bonds. The van der Waals surface area contributed by atoms with Crippen molar-refractivity contribution in [2.24, 2.45) is 7.05 Å². The van der Waals surface area contributed by atoms with Crippen molar-refractivity contribution >= 4 is 0 Å². The largest absolute Gasteiger partial charge is 0.496 e. The van der Waals surface area contributed by atoms with Crippen molar-refractivity contribution in [1.82, 2.24) is 15.1 Å². The molecule has 1 aromatic heterocycles. The molecule has 0 spiro atoms. The number of nitrogens with one attached hydrogen (secondary N) is 1. The Morgan fingerprint density at radius 2 is 2.14 bits per heavy atom. The second-order valence-corrected chi connectivity index (χ2v) is 5.11. The fourth-order valence-corrected chi connectivity index (χ4v) is 2.49. The van der Waals surface area contributed by atoms with E-state index in [0.717, 1.165) is 29.9 Å². The zero-order valence-electron chi connectivity index (χ0n) is 13.0. The van der Waals surface area contributed by atoms with Crippen LogP contribution in [-0.2, 0) is 7.05 Å². The van der Waals surface area contributed by atoms with Crippen LogP contribution in [0.2, 0.25) is 0 Å². The average Bonchev–Trinajstić information content (AvgIpc) is 2.78. The number of hydrogen-bond donors (Lipinski definition) is 1. The normalized spacial score (nSPS) is 12.4. The Morgan fingerprint density at radius 3 is 2.71 bits per heavy atom. The molecule has 21 heavy (non-hydrogen) atoms. The molecule has 4 nitrogen and oxygen atoms in total. The second-order valence-electron chi connectivity index (χ2n) is 5.11. The fourth-order valence-electron chi connectivity index (χ4n) is 2.49. The minimum Gasteiger partial charge on any atom is -0.496 e. The summed E-state index contributed by atoms with van der Waals surface area (Å²) in [7, 11) is 3.50. The Kier molecular flexibility index (Phi) is 4.96. The van der Waals surface area contributed by atoms with Gasteiger partial charge in [-0.2, -0.15) is 5.10 Å². The Balaban J connectivity index is 2.50. The number of rotatable bonds is 6. The fraction of sp³-hybridized carbons (Fsp3) is 0.438. The van der Waals surface area contributed by atoms with Gasteiger partial charge in [0.05, 0.1) is 24.5 Å². The van der Waals surface area contributed by atoms with Crippen LogP contribution in [0, 0.1) is 12.7 Å². The lowest BCUT2D eigenvalue weighted by atomic mass is 10.0. The molecule has 1 atom stereocenters. The van der Waals surface area contributed by atoms with Crippen molar-refractivity contribution in [2.45, 2.75) is 26.3 Å². The topological polar surface area (TPSA) is 39.1 Å². The van der Waals surface area contributed by atoms with Gasteiger partial charge in [-0.3, -0.25) is 4.68 Å². The Hall–Kier alpha value is -1.88. The van der Waals surface area contributed by atoms with Crippen molar-refractivity contribution in [3.63, 3.8) is 0 Å². The van der Waals surface area contributed by atoms with Crippen molar-refractivity contribution in [3.8, 4) is 5.75 Å². The van der Waals surface area contributed by atoms with Crippen LogP contribution in [0.25, 0.3) is 0 Å². The summed E-state index contributed by atoms with van der Waals surface area (Å²) in [6.07, 6.45) is 0.991. The van der Waals surface area contributed by atoms with E-state index in [9.17, 15) is 4.39 Å². The highest BCUT2D eigenvalue weighted by Gasteiger charge is 2.21. The summed E-state index contributed by atoms with van der Waals surface area (Å²) in [6, 6.07) is 6.45. The lowest BCUT2D eigenvalue weighted by Crippen LogP contribution is -2.25. The minimum atomic E-state index is -0.270. The highest BCUT2D eigenvalue weighted by molar-refractivity contribution is 5.40. The third-order valence-electron chi connectivity index (χ3n) is 3.44. The standard InChI is InChI=1S/C16H22FN3O/c1-5-8-18-16(14-9-11(2)19-20(14)3)13-10-12(17)6-7-15(13)21-4/h6-7,9-10,16,18H,5,8H2,1-4H3. The van der Waals surface area contributed by atoms with Crippen LogP contribution in [0.5, 0.6) is 5.75 Å². The van der Waals surface area contributed by atoms with Gasteiger partial charge in [0.25, 0.3) is 0 Å².